The zero-order valence-electron chi connectivity index (χ0n) is 51.3. The van der Waals surface area contributed by atoms with Crippen LogP contribution in [0.1, 0.15) is 59.9 Å². The second-order valence-electron chi connectivity index (χ2n) is 25.7. The van der Waals surface area contributed by atoms with E-state index in [4.69, 9.17) is 9.72 Å². The van der Waals surface area contributed by atoms with Crippen molar-refractivity contribution in [2.45, 2.75) is 58.3 Å². The summed E-state index contributed by atoms with van der Waals surface area (Å²) in [5.41, 5.74) is 24.1. The molecule has 18 rings (SSSR count). The Balaban J connectivity index is 0.00000661. The molecule has 0 radical (unpaired) electrons. The zero-order chi connectivity index (χ0) is 60.0. The van der Waals surface area contributed by atoms with Crippen molar-refractivity contribution >= 4 is 44.6 Å². The molecule has 13 aromatic rings. The quantitative estimate of drug-likeness (QED) is 0.114. The van der Waals surface area contributed by atoms with Crippen LogP contribution in [-0.4, -0.2) is 9.55 Å². The van der Waals surface area contributed by atoms with E-state index >= 15 is 0 Å². The number of nitrogens with zero attached hydrogens (tertiary/aromatic N) is 4. The number of anilines is 4. The Labute approximate surface area is 548 Å². The van der Waals surface area contributed by atoms with Crippen LogP contribution in [0.2, 0.25) is 0 Å². The van der Waals surface area contributed by atoms with Crippen LogP contribution >= 0.6 is 0 Å². The van der Waals surface area contributed by atoms with Crippen LogP contribution < -0.4 is 14.5 Å². The third-order valence-electron chi connectivity index (χ3n) is 20.8. The number of benzene rings is 11. The minimum absolute atomic E-state index is 0. The van der Waals surface area contributed by atoms with Gasteiger partial charge in [0, 0.05) is 77.9 Å². The SMILES string of the molecule is Cc1cc(C2(c3ccnc(-n4c5[c-]c(Oc6[c-]c(N7[CH-]N(c8c(-c9ccccc9)cccc8-c8ccccc8)c8ccccc87)cc(-c7c(-c8ccccc8)cccc7-c7ccccc7)c6)ccc5c5ccccc54)c3)C3CC4CC(C3)CC2C4)cc(C)c1C.[Pt]. The topological polar surface area (TPSA) is 33.5 Å². The average Bonchev–Trinajstić information content (AvgIpc) is 1.24. The van der Waals surface area contributed by atoms with Crippen LogP contribution in [0.15, 0.2) is 261 Å². The predicted molar refractivity (Wildman–Crippen MR) is 370 cm³/mol. The van der Waals surface area contributed by atoms with Gasteiger partial charge in [0.2, 0.25) is 0 Å². The molecule has 446 valence electrons. The molecule has 1 aliphatic heterocycles. The second kappa shape index (κ2) is 23.0. The van der Waals surface area contributed by atoms with Gasteiger partial charge in [-0.05, 0) is 179 Å². The third-order valence-corrected chi connectivity index (χ3v) is 20.8. The zero-order valence-corrected chi connectivity index (χ0v) is 53.5. The van der Waals surface area contributed by atoms with Gasteiger partial charge in [0.15, 0.2) is 0 Å². The summed E-state index contributed by atoms with van der Waals surface area (Å²) in [5.74, 6) is 4.88. The summed E-state index contributed by atoms with van der Waals surface area (Å²) in [4.78, 5) is 9.98. The van der Waals surface area contributed by atoms with Gasteiger partial charge in [0.05, 0.1) is 0 Å². The van der Waals surface area contributed by atoms with Gasteiger partial charge in [0.25, 0.3) is 0 Å². The monoisotopic (exact) mass is 1350 g/mol. The first-order valence-electron chi connectivity index (χ1n) is 32.1. The molecule has 0 spiro atoms. The first-order chi connectivity index (χ1) is 44.3. The first-order valence-corrected chi connectivity index (χ1v) is 32.1. The Morgan fingerprint density at radius 3 is 1.57 bits per heavy atom. The Kier molecular flexibility index (Phi) is 14.4. The molecule has 91 heavy (non-hydrogen) atoms. The van der Waals surface area contributed by atoms with E-state index in [2.05, 4.69) is 315 Å². The summed E-state index contributed by atoms with van der Waals surface area (Å²) >= 11 is 0. The average molecular weight is 1360 g/mol. The molecular formula is C85H67N4OPt-3. The number of fused-ring (bicyclic) bond motifs is 4. The van der Waals surface area contributed by atoms with Crippen LogP contribution in [0.5, 0.6) is 11.5 Å². The standard InChI is InChI=1S/C85H67N4O.Pt/c1-55-42-66(43-56(2)57(55)3)85(67-45-58-44-59(47-67)48-68(85)46-58)65-40-41-86-82(51-65)89-78-35-17-16-30-76(78)77-39-38-70(53-81(77)89)90-71-50-64(83-72(60-22-8-4-9-23-60)31-20-32-73(83)61-24-10-5-11-25-61)49-69(52-71)87-54-88(80-37-19-18-36-79(80)87)84-74(62-26-12-6-13-27-62)33-21-34-75(84)63-28-14-7-15-29-63;/h4-43,49-51,54,58-59,67-68H,44-48H2,1-3H3;/q-3;. The minimum atomic E-state index is -0.0943. The van der Waals surface area contributed by atoms with Crippen molar-refractivity contribution in [3.8, 4) is 73.0 Å². The Morgan fingerprint density at radius 1 is 0.451 bits per heavy atom. The molecule has 4 bridgehead atoms. The molecule has 4 saturated carbocycles. The van der Waals surface area contributed by atoms with Crippen LogP contribution in [0.3, 0.4) is 0 Å². The molecule has 4 fully saturated rings. The maximum atomic E-state index is 7.37. The molecule has 6 heteroatoms. The van der Waals surface area contributed by atoms with E-state index in [1.165, 1.54) is 59.9 Å². The van der Waals surface area contributed by atoms with E-state index < -0.39 is 0 Å². The number of aryl methyl sites for hydroxylation is 2. The molecular weight excluding hydrogens is 1290 g/mol. The van der Waals surface area contributed by atoms with Gasteiger partial charge >= 0.3 is 0 Å². The van der Waals surface area contributed by atoms with E-state index in [0.29, 0.717) is 23.3 Å². The Morgan fingerprint density at radius 2 is 0.978 bits per heavy atom. The maximum absolute atomic E-state index is 7.37. The summed E-state index contributed by atoms with van der Waals surface area (Å²) in [6, 6.07) is 100. The summed E-state index contributed by atoms with van der Waals surface area (Å²) < 4.78 is 9.71. The van der Waals surface area contributed by atoms with Crippen molar-refractivity contribution in [2.24, 2.45) is 23.7 Å². The summed E-state index contributed by atoms with van der Waals surface area (Å²) in [5, 5.41) is 2.24. The molecule has 2 aromatic heterocycles. The Hall–Kier alpha value is -9.54. The van der Waals surface area contributed by atoms with Crippen LogP contribution in [0, 0.1) is 63.2 Å². The fourth-order valence-corrected chi connectivity index (χ4v) is 16.8. The number of aromatic nitrogens is 2. The van der Waals surface area contributed by atoms with Crippen molar-refractivity contribution < 1.29 is 25.8 Å². The van der Waals surface area contributed by atoms with E-state index in [9.17, 15) is 0 Å². The van der Waals surface area contributed by atoms with Crippen molar-refractivity contribution in [2.75, 3.05) is 9.80 Å². The molecule has 4 aliphatic carbocycles. The molecule has 0 saturated heterocycles. The van der Waals surface area contributed by atoms with Gasteiger partial charge in [-0.15, -0.1) is 53.6 Å². The molecule has 11 aromatic carbocycles. The molecule has 0 amide bonds. The summed E-state index contributed by atoms with van der Waals surface area (Å²) in [6.07, 6.45) is 8.67. The number of hydrogen-bond acceptors (Lipinski definition) is 4. The molecule has 0 N–H and O–H groups in total. The third kappa shape index (κ3) is 9.57. The van der Waals surface area contributed by atoms with Gasteiger partial charge in [-0.2, -0.15) is 6.07 Å². The van der Waals surface area contributed by atoms with Crippen molar-refractivity contribution in [1.82, 2.24) is 9.55 Å². The summed E-state index contributed by atoms with van der Waals surface area (Å²) in [6.45, 7) is 9.15. The smallest absolute Gasteiger partial charge is 0.135 e. The number of hydrogen-bond donors (Lipinski definition) is 0. The van der Waals surface area contributed by atoms with Gasteiger partial charge in [-0.25, -0.2) is 4.98 Å². The van der Waals surface area contributed by atoms with Gasteiger partial charge in [-0.3, -0.25) is 0 Å². The van der Waals surface area contributed by atoms with Crippen LogP contribution in [0.4, 0.5) is 22.7 Å². The first kappa shape index (κ1) is 56.7. The van der Waals surface area contributed by atoms with E-state index in [1.807, 2.05) is 0 Å². The second-order valence-corrected chi connectivity index (χ2v) is 25.7. The van der Waals surface area contributed by atoms with Crippen molar-refractivity contribution in [1.29, 1.82) is 0 Å². The van der Waals surface area contributed by atoms with Crippen LogP contribution in [-0.2, 0) is 26.5 Å². The molecule has 0 unspecified atom stereocenters. The van der Waals surface area contributed by atoms with E-state index in [1.54, 1.807) is 0 Å². The Bertz CT molecular complexity index is 4740. The fraction of sp³-hybridized carbons (Fsp3) is 0.153. The van der Waals surface area contributed by atoms with E-state index in [0.717, 1.165) is 118 Å². The van der Waals surface area contributed by atoms with Gasteiger partial charge < -0.3 is 19.1 Å². The van der Waals surface area contributed by atoms with Crippen LogP contribution in [0.25, 0.3) is 83.3 Å². The molecule has 3 heterocycles. The van der Waals surface area contributed by atoms with Crippen molar-refractivity contribution in [3.05, 3.63) is 308 Å². The molecule has 5 nitrogen and oxygen atoms in total. The van der Waals surface area contributed by atoms with Gasteiger partial charge in [0.1, 0.15) is 5.82 Å². The number of rotatable bonds is 12. The number of para-hydroxylation sites is 4. The van der Waals surface area contributed by atoms with Gasteiger partial charge in [-0.1, -0.05) is 206 Å². The largest absolute Gasteiger partial charge is 0.509 e. The molecule has 0 atom stereocenters. The maximum Gasteiger partial charge on any atom is 0.135 e. The fourth-order valence-electron chi connectivity index (χ4n) is 16.8. The summed E-state index contributed by atoms with van der Waals surface area (Å²) in [7, 11) is 0. The minimum Gasteiger partial charge on any atom is -0.509 e. The number of pyridine rings is 1. The normalized spacial score (nSPS) is 18.8. The van der Waals surface area contributed by atoms with E-state index in [-0.39, 0.29) is 26.5 Å². The number of ether oxygens (including phenoxy) is 1. The molecule has 5 aliphatic rings. The predicted octanol–water partition coefficient (Wildman–Crippen LogP) is 22.0. The van der Waals surface area contributed by atoms with Crippen molar-refractivity contribution in [3.63, 3.8) is 0 Å².